The summed E-state index contributed by atoms with van der Waals surface area (Å²) in [5, 5.41) is 19.7. The van der Waals surface area contributed by atoms with Gasteiger partial charge in [0.25, 0.3) is 0 Å². The largest absolute Gasteiger partial charge is 0.503 e. The van der Waals surface area contributed by atoms with E-state index in [1.165, 1.54) is 49.7 Å². The van der Waals surface area contributed by atoms with Gasteiger partial charge >= 0.3 is 0 Å². The number of hydrogen-bond acceptors (Lipinski definition) is 4. The lowest BCUT2D eigenvalue weighted by molar-refractivity contribution is 0.104. The summed E-state index contributed by atoms with van der Waals surface area (Å²) in [5.74, 6) is -1.06. The second-order valence-corrected chi connectivity index (χ2v) is 5.85. The van der Waals surface area contributed by atoms with Gasteiger partial charge in [0.05, 0.1) is 12.1 Å². The molecule has 0 fully saturated rings. The number of carbonyl (C=O) groups is 1. The second-order valence-electron chi connectivity index (χ2n) is 5.44. The molecule has 26 heavy (non-hydrogen) atoms. The fourth-order valence-electron chi connectivity index (χ4n) is 2.58. The van der Waals surface area contributed by atoms with Crippen LogP contribution in [0.2, 0.25) is 5.02 Å². The van der Waals surface area contributed by atoms with E-state index < -0.39 is 11.6 Å². The lowest BCUT2D eigenvalue weighted by Gasteiger charge is -2.06. The van der Waals surface area contributed by atoms with Gasteiger partial charge in [0.2, 0.25) is 5.78 Å². The summed E-state index contributed by atoms with van der Waals surface area (Å²) in [6, 6.07) is 8.72. The van der Waals surface area contributed by atoms with Crippen LogP contribution in [0.3, 0.4) is 0 Å². The highest BCUT2D eigenvalue weighted by Crippen LogP contribution is 2.35. The number of ether oxygens (including phenoxy) is 1. The van der Waals surface area contributed by atoms with Crippen molar-refractivity contribution in [3.63, 3.8) is 0 Å². The summed E-state index contributed by atoms with van der Waals surface area (Å²) >= 11 is 5.93. The van der Waals surface area contributed by atoms with Crippen molar-refractivity contribution < 1.29 is 19.0 Å². The predicted octanol–water partition coefficient (Wildman–Crippen LogP) is 4.46. The van der Waals surface area contributed by atoms with Gasteiger partial charge in [-0.1, -0.05) is 11.6 Å². The Labute approximate surface area is 152 Å². The van der Waals surface area contributed by atoms with Gasteiger partial charge in [-0.15, -0.1) is 0 Å². The fourth-order valence-corrected chi connectivity index (χ4v) is 2.80. The first-order chi connectivity index (χ1) is 12.4. The molecule has 1 heterocycles. The molecule has 130 valence electrons. The molecule has 0 saturated carbocycles. The van der Waals surface area contributed by atoms with Crippen LogP contribution in [0.4, 0.5) is 4.39 Å². The minimum Gasteiger partial charge on any atom is -0.503 e. The number of methoxy groups -OCH3 is 1. The lowest BCUT2D eigenvalue weighted by Crippen LogP contribution is -2.01. The smallest absolute Gasteiger partial charge is 0.205 e. The van der Waals surface area contributed by atoms with Crippen molar-refractivity contribution in [2.45, 2.75) is 0 Å². The van der Waals surface area contributed by atoms with E-state index in [1.807, 2.05) is 6.07 Å². The summed E-state index contributed by atoms with van der Waals surface area (Å²) in [6.45, 7) is 0. The zero-order valence-corrected chi connectivity index (χ0v) is 14.3. The zero-order valence-electron chi connectivity index (χ0n) is 13.5. The molecule has 0 amide bonds. The van der Waals surface area contributed by atoms with Gasteiger partial charge in [0.1, 0.15) is 17.5 Å². The van der Waals surface area contributed by atoms with E-state index in [9.17, 15) is 19.6 Å². The number of nitrogens with zero attached hydrogens (tertiary/aromatic N) is 1. The molecule has 3 rings (SSSR count). The number of aromatic nitrogens is 1. The Morgan fingerprint density at radius 3 is 2.85 bits per heavy atom. The molecule has 0 unspecified atom stereocenters. The van der Waals surface area contributed by atoms with Crippen LogP contribution in [0.15, 0.2) is 42.1 Å². The molecule has 7 heteroatoms. The molecule has 3 aromatic rings. The van der Waals surface area contributed by atoms with Crippen LogP contribution in [-0.4, -0.2) is 23.0 Å². The minimum absolute atomic E-state index is 0.0305. The van der Waals surface area contributed by atoms with Crippen molar-refractivity contribution >= 4 is 34.4 Å². The van der Waals surface area contributed by atoms with Crippen molar-refractivity contribution in [3.8, 4) is 17.6 Å². The standard InChI is InChI=1S/C19H12ClFN2O3/c1-26-17-6-10(5-15(20)19(17)25)4-11(8-22)18(24)14-9-23-16-7-12(21)2-3-13(14)16/h2-7,9,23,25H,1H3/b11-4-. The third-order valence-corrected chi connectivity index (χ3v) is 4.12. The molecule has 0 aliphatic carbocycles. The third kappa shape index (κ3) is 3.13. The minimum atomic E-state index is -0.520. The maximum atomic E-state index is 13.3. The highest BCUT2D eigenvalue weighted by molar-refractivity contribution is 6.32. The second kappa shape index (κ2) is 6.90. The van der Waals surface area contributed by atoms with Gasteiger partial charge in [0, 0.05) is 22.7 Å². The molecule has 0 radical (unpaired) electrons. The Bertz CT molecular complexity index is 1100. The zero-order chi connectivity index (χ0) is 18.8. The first-order valence-corrected chi connectivity index (χ1v) is 7.82. The molecular formula is C19H12ClFN2O3. The topological polar surface area (TPSA) is 86.1 Å². The van der Waals surface area contributed by atoms with E-state index >= 15 is 0 Å². The van der Waals surface area contributed by atoms with Gasteiger partial charge < -0.3 is 14.8 Å². The number of nitriles is 1. The Balaban J connectivity index is 2.05. The predicted molar refractivity (Wildman–Crippen MR) is 95.8 cm³/mol. The highest BCUT2D eigenvalue weighted by atomic mass is 35.5. The summed E-state index contributed by atoms with van der Waals surface area (Å²) in [5.41, 5.74) is 0.990. The van der Waals surface area contributed by atoms with Crippen LogP contribution in [0, 0.1) is 17.1 Å². The summed E-state index contributed by atoms with van der Waals surface area (Å²) in [7, 11) is 1.36. The van der Waals surface area contributed by atoms with E-state index in [4.69, 9.17) is 16.3 Å². The van der Waals surface area contributed by atoms with Gasteiger partial charge in [-0.2, -0.15) is 5.26 Å². The number of hydrogen-bond donors (Lipinski definition) is 2. The summed E-state index contributed by atoms with van der Waals surface area (Å²) in [6.07, 6.45) is 2.78. The number of carbonyl (C=O) groups excluding carboxylic acids is 1. The normalized spacial score (nSPS) is 11.4. The van der Waals surface area contributed by atoms with Gasteiger partial charge in [0.15, 0.2) is 11.5 Å². The van der Waals surface area contributed by atoms with Crippen molar-refractivity contribution in [1.82, 2.24) is 4.98 Å². The molecular weight excluding hydrogens is 359 g/mol. The maximum absolute atomic E-state index is 13.3. The molecule has 5 nitrogen and oxygen atoms in total. The fraction of sp³-hybridized carbons (Fsp3) is 0.0526. The average Bonchev–Trinajstić information content (AvgIpc) is 3.04. The number of benzene rings is 2. The first-order valence-electron chi connectivity index (χ1n) is 7.44. The van der Waals surface area contributed by atoms with Crippen molar-refractivity contribution in [3.05, 3.63) is 64.1 Å². The third-order valence-electron chi connectivity index (χ3n) is 3.84. The van der Waals surface area contributed by atoms with Crippen LogP contribution >= 0.6 is 11.6 Å². The number of rotatable bonds is 4. The monoisotopic (exact) mass is 370 g/mol. The number of aromatic hydroxyl groups is 1. The van der Waals surface area contributed by atoms with Crippen molar-refractivity contribution in [1.29, 1.82) is 5.26 Å². The lowest BCUT2D eigenvalue weighted by atomic mass is 10.0. The van der Waals surface area contributed by atoms with E-state index in [1.54, 1.807) is 0 Å². The van der Waals surface area contributed by atoms with Crippen LogP contribution in [-0.2, 0) is 0 Å². The number of Topliss-reactive ketones (excluding diaryl/α,β-unsaturated/α-hetero) is 1. The maximum Gasteiger partial charge on any atom is 0.205 e. The van der Waals surface area contributed by atoms with E-state index in [-0.39, 0.29) is 27.7 Å². The molecule has 0 spiro atoms. The molecule has 0 saturated heterocycles. The Kier molecular flexibility index (Phi) is 4.65. The number of phenolic OH excluding ortho intramolecular Hbond substituents is 1. The highest BCUT2D eigenvalue weighted by Gasteiger charge is 2.18. The van der Waals surface area contributed by atoms with Crippen molar-refractivity contribution in [2.24, 2.45) is 0 Å². The van der Waals surface area contributed by atoms with Gasteiger partial charge in [-0.05, 0) is 42.0 Å². The number of H-pyrrole nitrogens is 1. The van der Waals surface area contributed by atoms with Crippen LogP contribution in [0.5, 0.6) is 11.5 Å². The number of nitrogens with one attached hydrogen (secondary N) is 1. The quantitative estimate of drug-likeness (QED) is 0.403. The van der Waals surface area contributed by atoms with Gasteiger partial charge in [-0.25, -0.2) is 4.39 Å². The molecule has 0 aliphatic rings. The first kappa shape index (κ1) is 17.5. The Hall–Kier alpha value is -3.30. The Morgan fingerprint density at radius 2 is 2.15 bits per heavy atom. The Morgan fingerprint density at radius 1 is 1.38 bits per heavy atom. The number of fused-ring (bicyclic) bond motifs is 1. The average molecular weight is 371 g/mol. The molecule has 2 N–H and O–H groups in total. The number of phenols is 1. The van der Waals surface area contributed by atoms with E-state index in [0.717, 1.165) is 0 Å². The number of ketones is 1. The number of allylic oxidation sites excluding steroid dienone is 1. The van der Waals surface area contributed by atoms with E-state index in [0.29, 0.717) is 16.5 Å². The molecule has 0 aliphatic heterocycles. The van der Waals surface area contributed by atoms with Gasteiger partial charge in [-0.3, -0.25) is 4.79 Å². The SMILES string of the molecule is COc1cc(/C=C(/C#N)C(=O)c2c[nH]c3cc(F)ccc23)cc(Cl)c1O. The molecule has 0 bridgehead atoms. The number of halogens is 2. The van der Waals surface area contributed by atoms with Crippen LogP contribution < -0.4 is 4.74 Å². The molecule has 2 aromatic carbocycles. The van der Waals surface area contributed by atoms with E-state index in [2.05, 4.69) is 4.98 Å². The summed E-state index contributed by atoms with van der Waals surface area (Å²) < 4.78 is 18.3. The van der Waals surface area contributed by atoms with Crippen LogP contribution in [0.25, 0.3) is 17.0 Å². The summed E-state index contributed by atoms with van der Waals surface area (Å²) in [4.78, 5) is 15.5. The van der Waals surface area contributed by atoms with Crippen molar-refractivity contribution in [2.75, 3.05) is 7.11 Å². The molecule has 1 aromatic heterocycles. The number of aromatic amines is 1. The molecule has 0 atom stereocenters. The van der Waals surface area contributed by atoms with Crippen LogP contribution in [0.1, 0.15) is 15.9 Å².